The number of hydrogen-bond acceptors (Lipinski definition) is 4. The summed E-state index contributed by atoms with van der Waals surface area (Å²) in [6, 6.07) is 10.2. The molecule has 1 atom stereocenters. The summed E-state index contributed by atoms with van der Waals surface area (Å²) < 4.78 is 5.84. The summed E-state index contributed by atoms with van der Waals surface area (Å²) in [5.74, 6) is -1.10. The summed E-state index contributed by atoms with van der Waals surface area (Å²) in [6.45, 7) is 6.33. The lowest BCUT2D eigenvalue weighted by atomic mass is 10.1. The largest absolute Gasteiger partial charge is 0.371 e. The number of nitrogens with zero attached hydrogens (tertiary/aromatic N) is 1. The van der Waals surface area contributed by atoms with Gasteiger partial charge < -0.3 is 15.4 Å². The third kappa shape index (κ3) is 5.94. The van der Waals surface area contributed by atoms with Gasteiger partial charge in [-0.2, -0.15) is 0 Å². The average Bonchev–Trinajstić information content (AvgIpc) is 2.64. The lowest BCUT2D eigenvalue weighted by Crippen LogP contribution is -2.42. The number of ether oxygens (including phenoxy) is 1. The number of carbonyl (C=O) groups excluding carboxylic acids is 2. The molecule has 1 aliphatic heterocycles. The molecule has 1 heterocycles. The number of carbonyl (C=O) groups is 2. The van der Waals surface area contributed by atoms with Gasteiger partial charge in [0.15, 0.2) is 0 Å². The molecule has 0 radical (unpaired) electrons. The van der Waals surface area contributed by atoms with E-state index in [0.717, 1.165) is 32.5 Å². The summed E-state index contributed by atoms with van der Waals surface area (Å²) in [5.41, 5.74) is 1.20. The normalized spacial score (nSPS) is 18.1. The molecular formula is C18H27N3O3. The maximum Gasteiger partial charge on any atom is 0.309 e. The highest BCUT2D eigenvalue weighted by molar-refractivity contribution is 6.35. The molecule has 0 unspecified atom stereocenters. The van der Waals surface area contributed by atoms with Crippen molar-refractivity contribution in [1.29, 1.82) is 0 Å². The van der Waals surface area contributed by atoms with Gasteiger partial charge in [0.2, 0.25) is 0 Å². The minimum absolute atomic E-state index is 0.106. The molecular weight excluding hydrogens is 306 g/mol. The molecule has 132 valence electrons. The predicted octanol–water partition coefficient (Wildman–Crippen LogP) is 1.09. The van der Waals surface area contributed by atoms with Crippen molar-refractivity contribution in [1.82, 2.24) is 15.5 Å². The molecule has 1 aliphatic rings. The van der Waals surface area contributed by atoms with Gasteiger partial charge in [0.05, 0.1) is 12.7 Å². The van der Waals surface area contributed by atoms with Gasteiger partial charge in [-0.3, -0.25) is 14.5 Å². The molecule has 6 heteroatoms. The molecule has 1 aromatic rings. The molecule has 0 aliphatic carbocycles. The maximum atomic E-state index is 11.6. The third-order valence-corrected chi connectivity index (χ3v) is 4.00. The summed E-state index contributed by atoms with van der Waals surface area (Å²) in [6.07, 6.45) is 1.74. The smallest absolute Gasteiger partial charge is 0.309 e. The van der Waals surface area contributed by atoms with Gasteiger partial charge in [-0.1, -0.05) is 37.3 Å². The molecule has 2 rings (SSSR count). The first kappa shape index (κ1) is 18.4. The van der Waals surface area contributed by atoms with E-state index >= 15 is 0 Å². The molecule has 1 saturated heterocycles. The van der Waals surface area contributed by atoms with Crippen molar-refractivity contribution in [2.24, 2.45) is 0 Å². The fourth-order valence-corrected chi connectivity index (χ4v) is 2.68. The number of rotatable bonds is 7. The molecule has 0 saturated carbocycles. The minimum Gasteiger partial charge on any atom is -0.371 e. The van der Waals surface area contributed by atoms with Crippen LogP contribution in [0.25, 0.3) is 0 Å². The van der Waals surface area contributed by atoms with E-state index in [1.807, 2.05) is 25.1 Å². The Hall–Kier alpha value is -1.92. The zero-order valence-corrected chi connectivity index (χ0v) is 14.3. The molecule has 6 nitrogen and oxygen atoms in total. The van der Waals surface area contributed by atoms with E-state index in [1.165, 1.54) is 5.56 Å². The lowest BCUT2D eigenvalue weighted by Gasteiger charge is -2.33. The molecule has 0 spiro atoms. The van der Waals surface area contributed by atoms with Crippen molar-refractivity contribution in [2.45, 2.75) is 25.9 Å². The van der Waals surface area contributed by atoms with Gasteiger partial charge in [0.1, 0.15) is 0 Å². The molecule has 0 aromatic heterocycles. The Bertz CT molecular complexity index is 522. The molecule has 1 aromatic carbocycles. The first-order valence-electron chi connectivity index (χ1n) is 8.65. The van der Waals surface area contributed by atoms with Crippen molar-refractivity contribution < 1.29 is 14.3 Å². The highest BCUT2D eigenvalue weighted by Crippen LogP contribution is 2.21. The van der Waals surface area contributed by atoms with Gasteiger partial charge in [-0.15, -0.1) is 0 Å². The average molecular weight is 333 g/mol. The van der Waals surface area contributed by atoms with Gasteiger partial charge in [-0.05, 0) is 18.4 Å². The van der Waals surface area contributed by atoms with E-state index in [-0.39, 0.29) is 6.10 Å². The molecule has 0 bridgehead atoms. The lowest BCUT2D eigenvalue weighted by molar-refractivity contribution is -0.139. The van der Waals surface area contributed by atoms with E-state index in [4.69, 9.17) is 4.74 Å². The van der Waals surface area contributed by atoms with Crippen LogP contribution < -0.4 is 10.6 Å². The Labute approximate surface area is 143 Å². The van der Waals surface area contributed by atoms with Gasteiger partial charge in [0.25, 0.3) is 0 Å². The van der Waals surface area contributed by atoms with Crippen LogP contribution in [0.3, 0.4) is 0 Å². The van der Waals surface area contributed by atoms with Crippen molar-refractivity contribution in [3.63, 3.8) is 0 Å². The number of morpholine rings is 1. The topological polar surface area (TPSA) is 70.7 Å². The van der Waals surface area contributed by atoms with Crippen molar-refractivity contribution in [3.05, 3.63) is 35.9 Å². The Balaban J connectivity index is 1.65. The van der Waals surface area contributed by atoms with E-state index in [2.05, 4.69) is 27.7 Å². The fourth-order valence-electron chi connectivity index (χ4n) is 2.68. The van der Waals surface area contributed by atoms with Crippen LogP contribution in [0.5, 0.6) is 0 Å². The van der Waals surface area contributed by atoms with Crippen LogP contribution in [0.2, 0.25) is 0 Å². The van der Waals surface area contributed by atoms with E-state index in [0.29, 0.717) is 19.7 Å². The number of benzene rings is 1. The van der Waals surface area contributed by atoms with Crippen LogP contribution in [0.4, 0.5) is 0 Å². The van der Waals surface area contributed by atoms with Crippen molar-refractivity contribution in [3.8, 4) is 0 Å². The van der Waals surface area contributed by atoms with Crippen LogP contribution in [0.1, 0.15) is 31.4 Å². The van der Waals surface area contributed by atoms with Crippen LogP contribution in [0.15, 0.2) is 30.3 Å². The van der Waals surface area contributed by atoms with Crippen molar-refractivity contribution >= 4 is 11.8 Å². The maximum absolute atomic E-state index is 11.6. The minimum atomic E-state index is -0.549. The summed E-state index contributed by atoms with van der Waals surface area (Å²) in [5, 5.41) is 5.23. The van der Waals surface area contributed by atoms with E-state index in [9.17, 15) is 9.59 Å². The van der Waals surface area contributed by atoms with Crippen LogP contribution in [0, 0.1) is 0 Å². The number of nitrogens with one attached hydrogen (secondary N) is 2. The standard InChI is InChI=1S/C18H27N3O3/c1-2-9-19-17(22)18(23)20-10-6-11-21-12-13-24-16(14-21)15-7-4-3-5-8-15/h3-5,7-8,16H,2,6,9-14H2,1H3,(H,19,22)(H,20,23)/t16-/m1/s1. The summed E-state index contributed by atoms with van der Waals surface area (Å²) in [7, 11) is 0. The van der Waals surface area contributed by atoms with Crippen LogP contribution >= 0.6 is 0 Å². The second-order valence-corrected chi connectivity index (χ2v) is 5.94. The predicted molar refractivity (Wildman–Crippen MR) is 92.5 cm³/mol. The summed E-state index contributed by atoms with van der Waals surface area (Å²) >= 11 is 0. The number of amides is 2. The molecule has 2 N–H and O–H groups in total. The Morgan fingerprint density at radius 3 is 2.58 bits per heavy atom. The zero-order valence-electron chi connectivity index (χ0n) is 14.3. The third-order valence-electron chi connectivity index (χ3n) is 4.00. The van der Waals surface area contributed by atoms with E-state index < -0.39 is 11.8 Å². The molecule has 2 amide bonds. The van der Waals surface area contributed by atoms with Crippen LogP contribution in [-0.4, -0.2) is 56.0 Å². The summed E-state index contributed by atoms with van der Waals surface area (Å²) in [4.78, 5) is 25.4. The Morgan fingerprint density at radius 2 is 1.88 bits per heavy atom. The SMILES string of the molecule is CCCNC(=O)C(=O)NCCCN1CCO[C@@H](c2ccccc2)C1. The zero-order chi connectivity index (χ0) is 17.2. The van der Waals surface area contributed by atoms with Gasteiger partial charge in [0, 0.05) is 32.7 Å². The highest BCUT2D eigenvalue weighted by Gasteiger charge is 2.21. The molecule has 24 heavy (non-hydrogen) atoms. The Morgan fingerprint density at radius 1 is 1.17 bits per heavy atom. The fraction of sp³-hybridized carbons (Fsp3) is 0.556. The highest BCUT2D eigenvalue weighted by atomic mass is 16.5. The van der Waals surface area contributed by atoms with Gasteiger partial charge in [-0.25, -0.2) is 0 Å². The second kappa shape index (κ2) is 10.1. The quantitative estimate of drug-likeness (QED) is 0.579. The monoisotopic (exact) mass is 333 g/mol. The number of hydrogen-bond donors (Lipinski definition) is 2. The first-order valence-corrected chi connectivity index (χ1v) is 8.65. The van der Waals surface area contributed by atoms with Gasteiger partial charge >= 0.3 is 11.8 Å². The van der Waals surface area contributed by atoms with E-state index in [1.54, 1.807) is 0 Å². The molecule has 1 fully saturated rings. The Kier molecular flexibility index (Phi) is 7.71. The second-order valence-electron chi connectivity index (χ2n) is 5.94. The first-order chi connectivity index (χ1) is 11.7. The van der Waals surface area contributed by atoms with Crippen LogP contribution in [-0.2, 0) is 14.3 Å². The van der Waals surface area contributed by atoms with Crippen molar-refractivity contribution in [2.75, 3.05) is 39.3 Å².